The van der Waals surface area contributed by atoms with Gasteiger partial charge in [0.2, 0.25) is 0 Å². The van der Waals surface area contributed by atoms with Crippen LogP contribution in [0.3, 0.4) is 0 Å². The summed E-state index contributed by atoms with van der Waals surface area (Å²) in [5, 5.41) is 10.5. The molecular formula is C30H36N2O7. The molecule has 6 aliphatic rings. The molecule has 4 bridgehead atoms. The van der Waals surface area contributed by atoms with E-state index in [0.717, 1.165) is 31.8 Å². The van der Waals surface area contributed by atoms with E-state index in [1.165, 1.54) is 6.07 Å². The maximum absolute atomic E-state index is 14.0. The SMILES string of the molecule is C/C(=C/C[C@@]12OC(C)(C)[C@@H]3C[C@@H](C=C4C(=O)c5c(O)cccc5O[C@]431)C2=O)COC(=O)CN1CCN(C)CC1. The lowest BCUT2D eigenvalue weighted by Gasteiger charge is -2.56. The van der Waals surface area contributed by atoms with Gasteiger partial charge in [-0.05, 0) is 51.9 Å². The van der Waals surface area contributed by atoms with Gasteiger partial charge in [0.15, 0.2) is 22.8 Å². The Hall–Kier alpha value is -3.01. The molecule has 0 radical (unpaired) electrons. The summed E-state index contributed by atoms with van der Waals surface area (Å²) in [5.41, 5.74) is -2.12. The van der Waals surface area contributed by atoms with Gasteiger partial charge in [0.05, 0.1) is 12.1 Å². The molecule has 39 heavy (non-hydrogen) atoms. The average Bonchev–Trinajstić information content (AvgIpc) is 3.04. The Balaban J connectivity index is 1.26. The second kappa shape index (κ2) is 9.01. The summed E-state index contributed by atoms with van der Waals surface area (Å²) in [7, 11) is 2.07. The van der Waals surface area contributed by atoms with E-state index in [1.807, 2.05) is 26.8 Å². The summed E-state index contributed by atoms with van der Waals surface area (Å²) in [5.74, 6) is -1.28. The topological polar surface area (TPSA) is 106 Å². The second-order valence-corrected chi connectivity index (χ2v) is 12.2. The van der Waals surface area contributed by atoms with Crippen molar-refractivity contribution in [1.82, 2.24) is 9.80 Å². The summed E-state index contributed by atoms with van der Waals surface area (Å²) in [4.78, 5) is 44.5. The number of likely N-dealkylation sites (N-methyl/N-ethyl adjacent to an activating group) is 1. The number of nitrogens with zero attached hydrogens (tertiary/aromatic N) is 2. The standard InChI is InChI=1S/C30H36N2O7/c1-18(17-37-24(34)16-32-12-10-31(4)11-13-32)8-9-29-27(36)19-14-20-26(35)25-21(33)6-5-7-22(25)38-30(20,29)23(15-19)28(2,3)39-29/h5-8,14,19,23,33H,9-13,15-17H2,1-4H3/b18-8-/t19-,23+,29+,30-/m1/s1. The van der Waals surface area contributed by atoms with Gasteiger partial charge in [-0.15, -0.1) is 0 Å². The van der Waals surface area contributed by atoms with Crippen molar-refractivity contribution in [2.45, 2.75) is 50.4 Å². The van der Waals surface area contributed by atoms with Crippen LogP contribution in [0.1, 0.15) is 44.0 Å². The lowest BCUT2D eigenvalue weighted by molar-refractivity contribution is -0.171. The van der Waals surface area contributed by atoms with Gasteiger partial charge in [-0.25, -0.2) is 0 Å². The highest BCUT2D eigenvalue weighted by Crippen LogP contribution is 2.67. The molecule has 1 aromatic carbocycles. The van der Waals surface area contributed by atoms with Gasteiger partial charge >= 0.3 is 5.97 Å². The number of aromatic hydroxyl groups is 1. The quantitative estimate of drug-likeness (QED) is 0.434. The van der Waals surface area contributed by atoms with Crippen LogP contribution < -0.4 is 4.74 Å². The number of carbonyl (C=O) groups is 3. The number of rotatable bonds is 6. The normalized spacial score (nSPS) is 33.3. The Morgan fingerprint density at radius 3 is 2.69 bits per heavy atom. The maximum atomic E-state index is 14.0. The number of phenolic OH excluding ortho intramolecular Hbond substituents is 1. The highest BCUT2D eigenvalue weighted by molar-refractivity contribution is 6.18. The number of hydrogen-bond donors (Lipinski definition) is 1. The Bertz CT molecular complexity index is 1310. The first-order valence-corrected chi connectivity index (χ1v) is 13.7. The molecule has 9 heteroatoms. The van der Waals surface area contributed by atoms with E-state index in [-0.39, 0.29) is 60.1 Å². The van der Waals surface area contributed by atoms with Crippen LogP contribution in [0.4, 0.5) is 0 Å². The largest absolute Gasteiger partial charge is 0.507 e. The van der Waals surface area contributed by atoms with Gasteiger partial charge in [-0.1, -0.05) is 18.2 Å². The van der Waals surface area contributed by atoms with Crippen LogP contribution in [-0.2, 0) is 19.1 Å². The molecule has 4 atom stereocenters. The van der Waals surface area contributed by atoms with Crippen LogP contribution >= 0.6 is 0 Å². The number of piperazine rings is 1. The van der Waals surface area contributed by atoms with Crippen molar-refractivity contribution in [2.24, 2.45) is 11.8 Å². The number of ketones is 2. The van der Waals surface area contributed by atoms with Gasteiger partial charge < -0.3 is 24.2 Å². The minimum atomic E-state index is -1.40. The minimum Gasteiger partial charge on any atom is -0.507 e. The van der Waals surface area contributed by atoms with Crippen LogP contribution in [0.2, 0.25) is 0 Å². The lowest BCUT2D eigenvalue weighted by atomic mass is 9.51. The van der Waals surface area contributed by atoms with Gasteiger partial charge in [-0.3, -0.25) is 19.3 Å². The van der Waals surface area contributed by atoms with E-state index in [0.29, 0.717) is 12.0 Å². The zero-order valence-corrected chi connectivity index (χ0v) is 23.0. The predicted octanol–water partition coefficient (Wildman–Crippen LogP) is 2.53. The molecule has 1 aromatic rings. The summed E-state index contributed by atoms with van der Waals surface area (Å²) >= 11 is 0. The van der Waals surface area contributed by atoms with Gasteiger partial charge in [0, 0.05) is 50.0 Å². The number of hydrogen-bond acceptors (Lipinski definition) is 9. The Labute approximate surface area is 228 Å². The fourth-order valence-corrected chi connectivity index (χ4v) is 7.28. The van der Waals surface area contributed by atoms with E-state index in [1.54, 1.807) is 18.2 Å². The summed E-state index contributed by atoms with van der Waals surface area (Å²) in [6, 6.07) is 4.75. The van der Waals surface area contributed by atoms with Crippen LogP contribution in [0.25, 0.3) is 0 Å². The van der Waals surface area contributed by atoms with Crippen molar-refractivity contribution in [3.63, 3.8) is 0 Å². The number of benzene rings is 1. The van der Waals surface area contributed by atoms with Crippen molar-refractivity contribution in [2.75, 3.05) is 46.4 Å². The zero-order chi connectivity index (χ0) is 27.7. The third-order valence-electron chi connectivity index (χ3n) is 9.25. The first-order chi connectivity index (χ1) is 18.5. The van der Waals surface area contributed by atoms with Crippen molar-refractivity contribution in [3.05, 3.63) is 47.1 Å². The number of ether oxygens (including phenoxy) is 3. The van der Waals surface area contributed by atoms with Crippen LogP contribution in [0.15, 0.2) is 41.5 Å². The van der Waals surface area contributed by atoms with Gasteiger partial charge in [-0.2, -0.15) is 0 Å². The number of Topliss-reactive ketones (excluding diaryl/α,β-unsaturated/α-hetero) is 2. The molecule has 0 amide bonds. The molecule has 1 spiro atoms. The number of phenols is 1. The predicted molar refractivity (Wildman–Crippen MR) is 142 cm³/mol. The molecule has 3 fully saturated rings. The van der Waals surface area contributed by atoms with Crippen LogP contribution in [0.5, 0.6) is 11.5 Å². The van der Waals surface area contributed by atoms with Gasteiger partial charge in [0.1, 0.15) is 23.7 Å². The Kier molecular flexibility index (Phi) is 6.06. The number of esters is 1. The van der Waals surface area contributed by atoms with Crippen LogP contribution in [-0.4, -0.2) is 95.6 Å². The van der Waals surface area contributed by atoms with E-state index >= 15 is 0 Å². The molecule has 3 aliphatic carbocycles. The fraction of sp³-hybridized carbons (Fsp3) is 0.567. The molecular weight excluding hydrogens is 500 g/mol. The van der Waals surface area contributed by atoms with Crippen molar-refractivity contribution in [3.8, 4) is 11.5 Å². The summed E-state index contributed by atoms with van der Waals surface area (Å²) in [6.07, 6.45) is 4.32. The average molecular weight is 537 g/mol. The van der Waals surface area contributed by atoms with Crippen molar-refractivity contribution < 1.29 is 33.7 Å². The van der Waals surface area contributed by atoms with E-state index in [4.69, 9.17) is 14.2 Å². The fourth-order valence-electron chi connectivity index (χ4n) is 7.28. The molecule has 1 N–H and O–H groups in total. The first-order valence-electron chi connectivity index (χ1n) is 13.7. The molecule has 7 rings (SSSR count). The molecule has 2 saturated heterocycles. The number of fused-ring (bicyclic) bond motifs is 1. The second-order valence-electron chi connectivity index (χ2n) is 12.2. The molecule has 3 heterocycles. The zero-order valence-electron chi connectivity index (χ0n) is 23.0. The molecule has 9 nitrogen and oxygen atoms in total. The first kappa shape index (κ1) is 26.2. The van der Waals surface area contributed by atoms with Gasteiger partial charge in [0.25, 0.3) is 0 Å². The monoisotopic (exact) mass is 536 g/mol. The number of carbonyl (C=O) groups excluding carboxylic acids is 3. The third-order valence-corrected chi connectivity index (χ3v) is 9.25. The van der Waals surface area contributed by atoms with E-state index in [9.17, 15) is 19.5 Å². The van der Waals surface area contributed by atoms with Crippen molar-refractivity contribution >= 4 is 17.5 Å². The Morgan fingerprint density at radius 2 is 1.95 bits per heavy atom. The molecule has 208 valence electrons. The van der Waals surface area contributed by atoms with Crippen molar-refractivity contribution in [1.29, 1.82) is 0 Å². The Morgan fingerprint density at radius 1 is 1.21 bits per heavy atom. The highest BCUT2D eigenvalue weighted by atomic mass is 16.6. The minimum absolute atomic E-state index is 0.0967. The van der Waals surface area contributed by atoms with E-state index < -0.39 is 22.7 Å². The molecule has 1 saturated carbocycles. The molecule has 0 aromatic heterocycles. The number of allylic oxidation sites excluding steroid dienone is 1. The highest BCUT2D eigenvalue weighted by Gasteiger charge is 2.81. The molecule has 0 unspecified atom stereocenters. The third kappa shape index (κ3) is 3.81. The summed E-state index contributed by atoms with van der Waals surface area (Å²) < 4.78 is 18.9. The lowest BCUT2D eigenvalue weighted by Crippen LogP contribution is -2.72. The summed E-state index contributed by atoms with van der Waals surface area (Å²) in [6.45, 7) is 9.63. The maximum Gasteiger partial charge on any atom is 0.320 e. The van der Waals surface area contributed by atoms with Crippen LogP contribution in [0, 0.1) is 11.8 Å². The van der Waals surface area contributed by atoms with E-state index in [2.05, 4.69) is 16.8 Å². The molecule has 3 aliphatic heterocycles. The smallest absolute Gasteiger partial charge is 0.320 e.